The minimum atomic E-state index is 0.515. The quantitative estimate of drug-likeness (QED) is 0.869. The maximum atomic E-state index is 4.21. The maximum absolute atomic E-state index is 4.21. The van der Waals surface area contributed by atoms with Crippen molar-refractivity contribution in [3.63, 3.8) is 0 Å². The maximum Gasteiger partial charge on any atom is 0.0948 e. The first-order valence-electron chi connectivity index (χ1n) is 6.83. The van der Waals surface area contributed by atoms with Crippen LogP contribution in [0.25, 0.3) is 0 Å². The van der Waals surface area contributed by atoms with Crippen LogP contribution in [0.15, 0.2) is 12.5 Å². The molecule has 1 aliphatic rings. The van der Waals surface area contributed by atoms with Gasteiger partial charge in [-0.1, -0.05) is 20.3 Å². The summed E-state index contributed by atoms with van der Waals surface area (Å²) in [6, 6.07) is 0.680. The molecule has 1 unspecified atom stereocenters. The van der Waals surface area contributed by atoms with Crippen LogP contribution in [0.2, 0.25) is 0 Å². The van der Waals surface area contributed by atoms with Gasteiger partial charge in [0.15, 0.2) is 0 Å². The van der Waals surface area contributed by atoms with E-state index in [0.29, 0.717) is 11.5 Å². The van der Waals surface area contributed by atoms with Crippen LogP contribution in [0, 0.1) is 5.41 Å². The van der Waals surface area contributed by atoms with Gasteiger partial charge in [0.1, 0.15) is 0 Å². The van der Waals surface area contributed by atoms with Gasteiger partial charge in [-0.15, -0.1) is 0 Å². The van der Waals surface area contributed by atoms with Gasteiger partial charge in [-0.3, -0.25) is 0 Å². The Bertz CT molecular complexity index is 354. The van der Waals surface area contributed by atoms with Crippen molar-refractivity contribution in [3.05, 3.63) is 18.2 Å². The minimum absolute atomic E-state index is 0.515. The van der Waals surface area contributed by atoms with E-state index in [1.165, 1.54) is 31.4 Å². The molecule has 0 bridgehead atoms. The Morgan fingerprint density at radius 1 is 1.53 bits per heavy atom. The second kappa shape index (κ2) is 5.21. The van der Waals surface area contributed by atoms with E-state index < -0.39 is 0 Å². The fraction of sp³-hybridized carbons (Fsp3) is 0.786. The largest absolute Gasteiger partial charge is 0.334 e. The number of nitrogens with one attached hydrogen (secondary N) is 1. The number of nitrogens with zero attached hydrogens (tertiary/aromatic N) is 2. The van der Waals surface area contributed by atoms with Gasteiger partial charge in [-0.25, -0.2) is 4.98 Å². The van der Waals surface area contributed by atoms with E-state index in [4.69, 9.17) is 0 Å². The van der Waals surface area contributed by atoms with Crippen LogP contribution in [0.3, 0.4) is 0 Å². The van der Waals surface area contributed by atoms with Crippen molar-refractivity contribution < 1.29 is 0 Å². The van der Waals surface area contributed by atoms with Gasteiger partial charge in [0.05, 0.1) is 12.0 Å². The van der Waals surface area contributed by atoms with Crippen LogP contribution in [-0.4, -0.2) is 15.6 Å². The molecule has 3 nitrogen and oxygen atoms in total. The first-order valence-corrected chi connectivity index (χ1v) is 6.83. The van der Waals surface area contributed by atoms with Gasteiger partial charge >= 0.3 is 0 Å². The fourth-order valence-corrected chi connectivity index (χ4v) is 2.90. The van der Waals surface area contributed by atoms with Gasteiger partial charge < -0.3 is 9.88 Å². The molecule has 2 rings (SSSR count). The van der Waals surface area contributed by atoms with E-state index in [2.05, 4.69) is 35.6 Å². The van der Waals surface area contributed by atoms with Crippen molar-refractivity contribution in [1.82, 2.24) is 14.9 Å². The molecular weight excluding hydrogens is 210 g/mol. The van der Waals surface area contributed by atoms with E-state index >= 15 is 0 Å². The summed E-state index contributed by atoms with van der Waals surface area (Å²) in [7, 11) is 0. The van der Waals surface area contributed by atoms with Gasteiger partial charge in [0, 0.05) is 25.3 Å². The summed E-state index contributed by atoms with van der Waals surface area (Å²) in [4.78, 5) is 4.21. The Morgan fingerprint density at radius 2 is 2.35 bits per heavy atom. The molecule has 1 aromatic heterocycles. The molecule has 0 aliphatic heterocycles. The van der Waals surface area contributed by atoms with Gasteiger partial charge in [0.2, 0.25) is 0 Å². The lowest BCUT2D eigenvalue weighted by Gasteiger charge is -2.35. The van der Waals surface area contributed by atoms with Gasteiger partial charge in [-0.05, 0) is 31.6 Å². The average molecular weight is 235 g/mol. The zero-order valence-corrected chi connectivity index (χ0v) is 11.4. The van der Waals surface area contributed by atoms with Gasteiger partial charge in [0.25, 0.3) is 0 Å². The molecule has 0 saturated heterocycles. The Kier molecular flexibility index (Phi) is 3.87. The monoisotopic (exact) mass is 235 g/mol. The zero-order chi connectivity index (χ0) is 12.3. The fourth-order valence-electron chi connectivity index (χ4n) is 2.90. The number of rotatable bonds is 4. The minimum Gasteiger partial charge on any atom is -0.334 e. The standard InChI is InChI=1S/C14H25N3/c1-4-17-11-15-9-13(17)10-16-12-6-5-7-14(2,3)8-12/h9,11-12,16H,4-8,10H2,1-3H3. The third kappa shape index (κ3) is 3.32. The van der Waals surface area contributed by atoms with E-state index in [0.717, 1.165) is 13.1 Å². The molecule has 1 aliphatic carbocycles. The second-order valence-corrected chi connectivity index (χ2v) is 6.01. The number of hydrogen-bond acceptors (Lipinski definition) is 2. The number of aromatic nitrogens is 2. The molecule has 17 heavy (non-hydrogen) atoms. The summed E-state index contributed by atoms with van der Waals surface area (Å²) in [5.74, 6) is 0. The summed E-state index contributed by atoms with van der Waals surface area (Å²) in [5, 5.41) is 3.69. The molecule has 1 N–H and O–H groups in total. The first-order chi connectivity index (χ1) is 8.11. The molecule has 0 aromatic carbocycles. The molecular formula is C14H25N3. The molecule has 1 fully saturated rings. The smallest absolute Gasteiger partial charge is 0.0948 e. The third-order valence-electron chi connectivity index (χ3n) is 3.92. The van der Waals surface area contributed by atoms with Crippen molar-refractivity contribution in [2.24, 2.45) is 5.41 Å². The Labute approximate surface area is 105 Å². The Hall–Kier alpha value is -0.830. The Morgan fingerprint density at radius 3 is 3.06 bits per heavy atom. The third-order valence-corrected chi connectivity index (χ3v) is 3.92. The molecule has 1 aromatic rings. The van der Waals surface area contributed by atoms with Crippen LogP contribution in [-0.2, 0) is 13.1 Å². The highest BCUT2D eigenvalue weighted by atomic mass is 15.1. The SMILES string of the molecule is CCn1cncc1CNC1CCCC(C)(C)C1. The zero-order valence-electron chi connectivity index (χ0n) is 11.4. The summed E-state index contributed by atoms with van der Waals surface area (Å²) < 4.78 is 2.21. The molecule has 1 saturated carbocycles. The van der Waals surface area contributed by atoms with E-state index in [-0.39, 0.29) is 0 Å². The first kappa shape index (κ1) is 12.6. The van der Waals surface area contributed by atoms with Crippen LogP contribution in [0.5, 0.6) is 0 Å². The highest BCUT2D eigenvalue weighted by molar-refractivity contribution is 4.98. The van der Waals surface area contributed by atoms with Crippen LogP contribution in [0.1, 0.15) is 52.1 Å². The molecule has 1 atom stereocenters. The average Bonchev–Trinajstić information content (AvgIpc) is 2.72. The van der Waals surface area contributed by atoms with Crippen LogP contribution >= 0.6 is 0 Å². The summed E-state index contributed by atoms with van der Waals surface area (Å²) in [6.45, 7) is 8.89. The van der Waals surface area contributed by atoms with Crippen LogP contribution < -0.4 is 5.32 Å². The molecule has 1 heterocycles. The van der Waals surface area contributed by atoms with E-state index in [1.54, 1.807) is 0 Å². The molecule has 3 heteroatoms. The molecule has 0 spiro atoms. The van der Waals surface area contributed by atoms with Crippen molar-refractivity contribution in [3.8, 4) is 0 Å². The van der Waals surface area contributed by atoms with Crippen molar-refractivity contribution in [1.29, 1.82) is 0 Å². The predicted molar refractivity (Wildman–Crippen MR) is 70.8 cm³/mol. The lowest BCUT2D eigenvalue weighted by molar-refractivity contribution is 0.197. The second-order valence-electron chi connectivity index (χ2n) is 6.01. The number of imidazole rings is 1. The van der Waals surface area contributed by atoms with E-state index in [1.807, 2.05) is 12.5 Å². The summed E-state index contributed by atoms with van der Waals surface area (Å²) in [6.07, 6.45) is 9.25. The lowest BCUT2D eigenvalue weighted by atomic mass is 9.75. The normalized spacial score (nSPS) is 23.8. The number of aryl methyl sites for hydroxylation is 1. The van der Waals surface area contributed by atoms with Crippen molar-refractivity contribution >= 4 is 0 Å². The lowest BCUT2D eigenvalue weighted by Crippen LogP contribution is -2.37. The predicted octanol–water partition coefficient (Wildman–Crippen LogP) is 2.96. The highest BCUT2D eigenvalue weighted by Crippen LogP contribution is 2.35. The number of hydrogen-bond donors (Lipinski definition) is 1. The molecule has 0 radical (unpaired) electrons. The van der Waals surface area contributed by atoms with Crippen LogP contribution in [0.4, 0.5) is 0 Å². The molecule has 0 amide bonds. The summed E-state index contributed by atoms with van der Waals surface area (Å²) in [5.41, 5.74) is 1.82. The van der Waals surface area contributed by atoms with Crippen molar-refractivity contribution in [2.75, 3.05) is 0 Å². The Balaban J connectivity index is 1.86. The van der Waals surface area contributed by atoms with Gasteiger partial charge in [-0.2, -0.15) is 0 Å². The van der Waals surface area contributed by atoms with Crippen molar-refractivity contribution in [2.45, 2.75) is 65.6 Å². The molecule has 96 valence electrons. The van der Waals surface area contributed by atoms with E-state index in [9.17, 15) is 0 Å². The highest BCUT2D eigenvalue weighted by Gasteiger charge is 2.27. The topological polar surface area (TPSA) is 29.9 Å². The summed E-state index contributed by atoms with van der Waals surface area (Å²) >= 11 is 0.